The van der Waals surface area contributed by atoms with Crippen molar-refractivity contribution in [2.24, 2.45) is 0 Å². The van der Waals surface area contributed by atoms with E-state index in [4.69, 9.17) is 21.1 Å². The van der Waals surface area contributed by atoms with Crippen molar-refractivity contribution in [1.82, 2.24) is 0 Å². The molecule has 0 aliphatic carbocycles. The number of carbonyl (C=O) groups is 1. The van der Waals surface area contributed by atoms with Crippen molar-refractivity contribution in [3.63, 3.8) is 0 Å². The lowest BCUT2D eigenvalue weighted by Gasteiger charge is -2.15. The van der Waals surface area contributed by atoms with Gasteiger partial charge in [0, 0.05) is 10.7 Å². The van der Waals surface area contributed by atoms with E-state index in [1.165, 1.54) is 0 Å². The summed E-state index contributed by atoms with van der Waals surface area (Å²) in [7, 11) is 0. The molecule has 5 heteroatoms. The predicted molar refractivity (Wildman–Crippen MR) is 92.5 cm³/mol. The molecule has 2 aromatic carbocycles. The first-order chi connectivity index (χ1) is 11.0. The maximum absolute atomic E-state index is 12.2. The van der Waals surface area contributed by atoms with Gasteiger partial charge in [-0.05, 0) is 62.7 Å². The van der Waals surface area contributed by atoms with Crippen LogP contribution in [0.15, 0.2) is 42.5 Å². The minimum atomic E-state index is -0.631. The van der Waals surface area contributed by atoms with Crippen molar-refractivity contribution >= 4 is 23.2 Å². The van der Waals surface area contributed by atoms with E-state index in [0.717, 1.165) is 11.3 Å². The van der Waals surface area contributed by atoms with Crippen LogP contribution in [0.5, 0.6) is 11.5 Å². The molecule has 0 saturated heterocycles. The van der Waals surface area contributed by atoms with E-state index in [1.807, 2.05) is 38.1 Å². The fourth-order valence-corrected chi connectivity index (χ4v) is 2.13. The topological polar surface area (TPSA) is 47.6 Å². The number of ether oxygens (including phenoxy) is 2. The molecule has 2 aromatic rings. The van der Waals surface area contributed by atoms with Crippen molar-refractivity contribution in [2.75, 3.05) is 11.9 Å². The summed E-state index contributed by atoms with van der Waals surface area (Å²) in [5.74, 6) is 1.14. The monoisotopic (exact) mass is 333 g/mol. The highest BCUT2D eigenvalue weighted by Gasteiger charge is 2.15. The highest BCUT2D eigenvalue weighted by atomic mass is 35.5. The summed E-state index contributed by atoms with van der Waals surface area (Å²) < 4.78 is 11.0. The first-order valence-corrected chi connectivity index (χ1v) is 7.84. The van der Waals surface area contributed by atoms with Crippen LogP contribution in [0.4, 0.5) is 5.69 Å². The standard InChI is InChI=1S/C18H20ClNO3/c1-4-22-15-7-9-16(10-8-15)23-13(3)18(21)20-14-6-5-12(2)17(19)11-14/h5-11,13H,4H2,1-3H3,(H,20,21). The lowest BCUT2D eigenvalue weighted by atomic mass is 10.2. The van der Waals surface area contributed by atoms with Crippen LogP contribution in [0.25, 0.3) is 0 Å². The lowest BCUT2D eigenvalue weighted by Crippen LogP contribution is -2.30. The van der Waals surface area contributed by atoms with Crippen LogP contribution in [0, 0.1) is 6.92 Å². The van der Waals surface area contributed by atoms with Gasteiger partial charge in [0.15, 0.2) is 6.10 Å². The van der Waals surface area contributed by atoms with Gasteiger partial charge in [0.05, 0.1) is 6.61 Å². The average Bonchev–Trinajstić information content (AvgIpc) is 2.53. The fourth-order valence-electron chi connectivity index (χ4n) is 1.95. The molecule has 122 valence electrons. The molecule has 0 saturated carbocycles. The molecule has 0 heterocycles. The van der Waals surface area contributed by atoms with Gasteiger partial charge in [0.2, 0.25) is 0 Å². The molecule has 0 bridgehead atoms. The number of halogens is 1. The number of hydrogen-bond donors (Lipinski definition) is 1. The molecule has 0 aliphatic heterocycles. The van der Waals surface area contributed by atoms with Crippen molar-refractivity contribution < 1.29 is 14.3 Å². The van der Waals surface area contributed by atoms with Crippen LogP contribution < -0.4 is 14.8 Å². The number of carbonyl (C=O) groups excluding carboxylic acids is 1. The Morgan fingerprint density at radius 2 is 1.83 bits per heavy atom. The van der Waals surface area contributed by atoms with E-state index in [9.17, 15) is 4.79 Å². The molecule has 0 spiro atoms. The van der Waals surface area contributed by atoms with Crippen molar-refractivity contribution in [3.05, 3.63) is 53.1 Å². The minimum Gasteiger partial charge on any atom is -0.494 e. The van der Waals surface area contributed by atoms with E-state index in [1.54, 1.807) is 25.1 Å². The second kappa shape index (κ2) is 7.88. The van der Waals surface area contributed by atoms with Crippen LogP contribution in [0.1, 0.15) is 19.4 Å². The van der Waals surface area contributed by atoms with Crippen molar-refractivity contribution in [2.45, 2.75) is 26.9 Å². The summed E-state index contributed by atoms with van der Waals surface area (Å²) in [5.41, 5.74) is 1.61. The van der Waals surface area contributed by atoms with E-state index in [0.29, 0.717) is 23.1 Å². The van der Waals surface area contributed by atoms with E-state index < -0.39 is 6.10 Å². The molecule has 23 heavy (non-hydrogen) atoms. The number of amides is 1. The van der Waals surface area contributed by atoms with Crippen molar-refractivity contribution in [1.29, 1.82) is 0 Å². The molecule has 1 amide bonds. The molecular weight excluding hydrogens is 314 g/mol. The third kappa shape index (κ3) is 4.89. The lowest BCUT2D eigenvalue weighted by molar-refractivity contribution is -0.122. The summed E-state index contributed by atoms with van der Waals surface area (Å²) in [6, 6.07) is 12.6. The molecule has 1 unspecified atom stereocenters. The Labute approximate surface area is 141 Å². The van der Waals surface area contributed by atoms with Gasteiger partial charge in [-0.1, -0.05) is 17.7 Å². The average molecular weight is 334 g/mol. The number of aryl methyl sites for hydroxylation is 1. The third-order valence-electron chi connectivity index (χ3n) is 3.26. The Kier molecular flexibility index (Phi) is 5.88. The maximum Gasteiger partial charge on any atom is 0.265 e. The molecule has 0 aromatic heterocycles. The Balaban J connectivity index is 1.95. The summed E-state index contributed by atoms with van der Waals surface area (Å²) in [5, 5.41) is 3.40. The fraction of sp³-hybridized carbons (Fsp3) is 0.278. The van der Waals surface area contributed by atoms with Crippen LogP contribution >= 0.6 is 11.6 Å². The zero-order chi connectivity index (χ0) is 16.8. The maximum atomic E-state index is 12.2. The summed E-state index contributed by atoms with van der Waals surface area (Å²) >= 11 is 6.05. The number of anilines is 1. The van der Waals surface area contributed by atoms with Crippen LogP contribution in [-0.2, 0) is 4.79 Å². The normalized spacial score (nSPS) is 11.7. The number of benzene rings is 2. The largest absolute Gasteiger partial charge is 0.494 e. The van der Waals surface area contributed by atoms with Gasteiger partial charge in [0.25, 0.3) is 5.91 Å². The molecule has 0 aliphatic rings. The highest BCUT2D eigenvalue weighted by molar-refractivity contribution is 6.31. The summed E-state index contributed by atoms with van der Waals surface area (Å²) in [6.07, 6.45) is -0.631. The minimum absolute atomic E-state index is 0.237. The predicted octanol–water partition coefficient (Wildman–Crippen LogP) is 4.45. The second-order valence-electron chi connectivity index (χ2n) is 5.12. The Bertz CT molecular complexity index is 670. The first kappa shape index (κ1) is 17.2. The van der Waals surface area contributed by atoms with Crippen molar-refractivity contribution in [3.8, 4) is 11.5 Å². The van der Waals surface area contributed by atoms with Gasteiger partial charge >= 0.3 is 0 Å². The summed E-state index contributed by atoms with van der Waals surface area (Å²) in [4.78, 5) is 12.2. The third-order valence-corrected chi connectivity index (χ3v) is 3.66. The smallest absolute Gasteiger partial charge is 0.265 e. The molecule has 4 nitrogen and oxygen atoms in total. The quantitative estimate of drug-likeness (QED) is 0.849. The van der Waals surface area contributed by atoms with Gasteiger partial charge in [-0.25, -0.2) is 0 Å². The van der Waals surface area contributed by atoms with Gasteiger partial charge in [-0.15, -0.1) is 0 Å². The molecule has 2 rings (SSSR count). The number of rotatable bonds is 6. The number of nitrogens with one attached hydrogen (secondary N) is 1. The first-order valence-electron chi connectivity index (χ1n) is 7.46. The van der Waals surface area contributed by atoms with Gasteiger partial charge in [0.1, 0.15) is 11.5 Å². The molecule has 0 radical (unpaired) electrons. The Hall–Kier alpha value is -2.20. The molecule has 0 fully saturated rings. The van der Waals surface area contributed by atoms with Gasteiger partial charge in [-0.3, -0.25) is 4.79 Å². The van der Waals surface area contributed by atoms with E-state index in [-0.39, 0.29) is 5.91 Å². The Morgan fingerprint density at radius 1 is 1.17 bits per heavy atom. The SMILES string of the molecule is CCOc1ccc(OC(C)C(=O)Nc2ccc(C)c(Cl)c2)cc1. The number of hydrogen-bond acceptors (Lipinski definition) is 3. The Morgan fingerprint density at radius 3 is 2.43 bits per heavy atom. The van der Waals surface area contributed by atoms with Crippen LogP contribution in [0.2, 0.25) is 5.02 Å². The highest BCUT2D eigenvalue weighted by Crippen LogP contribution is 2.21. The molecule has 1 N–H and O–H groups in total. The van der Waals surface area contributed by atoms with E-state index >= 15 is 0 Å². The second-order valence-corrected chi connectivity index (χ2v) is 5.52. The van der Waals surface area contributed by atoms with Crippen LogP contribution in [0.3, 0.4) is 0 Å². The van der Waals surface area contributed by atoms with Gasteiger partial charge in [-0.2, -0.15) is 0 Å². The van der Waals surface area contributed by atoms with E-state index in [2.05, 4.69) is 5.32 Å². The zero-order valence-corrected chi connectivity index (χ0v) is 14.2. The zero-order valence-electron chi connectivity index (χ0n) is 13.4. The summed E-state index contributed by atoms with van der Waals surface area (Å²) in [6.45, 7) is 6.14. The van der Waals surface area contributed by atoms with Crippen LogP contribution in [-0.4, -0.2) is 18.6 Å². The molecular formula is C18H20ClNO3. The molecule has 1 atom stereocenters. The van der Waals surface area contributed by atoms with Gasteiger partial charge < -0.3 is 14.8 Å².